The van der Waals surface area contributed by atoms with Gasteiger partial charge in [-0.3, -0.25) is 4.79 Å². The van der Waals surface area contributed by atoms with E-state index in [4.69, 9.17) is 11.6 Å². The quantitative estimate of drug-likeness (QED) is 0.501. The minimum atomic E-state index is -0.159. The van der Waals surface area contributed by atoms with Crippen LogP contribution in [0.15, 0.2) is 53.3 Å². The molecule has 0 saturated carbocycles. The summed E-state index contributed by atoms with van der Waals surface area (Å²) in [4.78, 5) is 20.1. The van der Waals surface area contributed by atoms with Crippen molar-refractivity contribution in [1.29, 1.82) is 0 Å². The van der Waals surface area contributed by atoms with Gasteiger partial charge >= 0.3 is 0 Å². The van der Waals surface area contributed by atoms with Crippen molar-refractivity contribution in [2.45, 2.75) is 13.8 Å². The number of fused-ring (bicyclic) bond motifs is 1. The van der Waals surface area contributed by atoms with Crippen molar-refractivity contribution in [3.63, 3.8) is 0 Å². The van der Waals surface area contributed by atoms with Crippen LogP contribution in [0.25, 0.3) is 22.4 Å². The van der Waals surface area contributed by atoms with Crippen molar-refractivity contribution in [2.75, 3.05) is 18.0 Å². The second kappa shape index (κ2) is 7.73. The predicted molar refractivity (Wildman–Crippen MR) is 116 cm³/mol. The topological polar surface area (TPSA) is 50.5 Å². The normalized spacial score (nSPS) is 12.0. The Morgan fingerprint density at radius 2 is 1.89 bits per heavy atom. The number of hydrogen-bond donors (Lipinski definition) is 0. The van der Waals surface area contributed by atoms with Crippen LogP contribution >= 0.6 is 22.9 Å². The van der Waals surface area contributed by atoms with Gasteiger partial charge < -0.3 is 4.90 Å². The van der Waals surface area contributed by atoms with Crippen LogP contribution in [0.4, 0.5) is 5.69 Å². The van der Waals surface area contributed by atoms with Gasteiger partial charge in [-0.2, -0.15) is 9.50 Å². The first-order valence-electron chi connectivity index (χ1n) is 9.11. The zero-order valence-electron chi connectivity index (χ0n) is 15.6. The number of nitrogens with zero attached hydrogens (tertiary/aromatic N) is 4. The summed E-state index contributed by atoms with van der Waals surface area (Å²) < 4.78 is 1.97. The van der Waals surface area contributed by atoms with E-state index in [0.717, 1.165) is 24.2 Å². The zero-order chi connectivity index (χ0) is 19.7. The van der Waals surface area contributed by atoms with Crippen LogP contribution in [0.1, 0.15) is 19.4 Å². The summed E-state index contributed by atoms with van der Waals surface area (Å²) in [5.74, 6) is 0.501. The third-order valence-corrected chi connectivity index (χ3v) is 5.78. The Morgan fingerprint density at radius 3 is 2.54 bits per heavy atom. The Bertz CT molecular complexity index is 1230. The molecule has 2 heterocycles. The van der Waals surface area contributed by atoms with Crippen LogP contribution < -0.4 is 15.0 Å². The molecule has 28 heavy (non-hydrogen) atoms. The van der Waals surface area contributed by atoms with E-state index in [-0.39, 0.29) is 5.56 Å². The van der Waals surface area contributed by atoms with Crippen LogP contribution in [0, 0.1) is 0 Å². The van der Waals surface area contributed by atoms with E-state index in [1.165, 1.54) is 21.5 Å². The first-order valence-corrected chi connectivity index (χ1v) is 10.3. The van der Waals surface area contributed by atoms with E-state index >= 15 is 0 Å². The molecule has 0 fully saturated rings. The third-order valence-electron chi connectivity index (χ3n) is 4.58. The highest BCUT2D eigenvalue weighted by molar-refractivity contribution is 7.15. The Balaban J connectivity index is 1.69. The molecule has 2 aromatic carbocycles. The first kappa shape index (κ1) is 18.7. The summed E-state index contributed by atoms with van der Waals surface area (Å²) in [6, 6.07) is 15.5. The molecule has 0 N–H and O–H groups in total. The van der Waals surface area contributed by atoms with Crippen LogP contribution in [-0.2, 0) is 0 Å². The fourth-order valence-electron chi connectivity index (χ4n) is 3.11. The highest BCUT2D eigenvalue weighted by Crippen LogP contribution is 2.20. The molecule has 4 aromatic rings. The van der Waals surface area contributed by atoms with Gasteiger partial charge in [0.05, 0.1) is 4.53 Å². The van der Waals surface area contributed by atoms with E-state index in [9.17, 15) is 4.79 Å². The van der Waals surface area contributed by atoms with Crippen molar-refractivity contribution in [3.05, 3.63) is 74.0 Å². The average molecular weight is 411 g/mol. The lowest BCUT2D eigenvalue weighted by molar-refractivity contribution is 0.866. The molecule has 5 nitrogen and oxygen atoms in total. The SMILES string of the molecule is CCN(CC)c1ccc(/C=c2\sc3nc(-c4cccc(Cl)c4)nn3c2=O)cc1. The van der Waals surface area contributed by atoms with Crippen molar-refractivity contribution in [1.82, 2.24) is 14.6 Å². The van der Waals surface area contributed by atoms with Crippen LogP contribution in [0.2, 0.25) is 5.02 Å². The lowest BCUT2D eigenvalue weighted by Crippen LogP contribution is -2.23. The molecule has 2 aromatic heterocycles. The molecular weight excluding hydrogens is 392 g/mol. The number of hydrogen-bond acceptors (Lipinski definition) is 5. The van der Waals surface area contributed by atoms with Crippen molar-refractivity contribution in [3.8, 4) is 11.4 Å². The van der Waals surface area contributed by atoms with E-state index < -0.39 is 0 Å². The van der Waals surface area contributed by atoms with Gasteiger partial charge in [0, 0.05) is 29.4 Å². The minimum Gasteiger partial charge on any atom is -0.372 e. The van der Waals surface area contributed by atoms with Gasteiger partial charge in [0.25, 0.3) is 5.56 Å². The molecule has 0 aliphatic heterocycles. The van der Waals surface area contributed by atoms with Gasteiger partial charge in [-0.1, -0.05) is 47.2 Å². The molecule has 0 spiro atoms. The summed E-state index contributed by atoms with van der Waals surface area (Å²) in [5, 5.41) is 4.97. The van der Waals surface area contributed by atoms with Gasteiger partial charge in [0.2, 0.25) is 4.96 Å². The van der Waals surface area contributed by atoms with Crippen LogP contribution in [0.5, 0.6) is 0 Å². The molecular formula is C21H19ClN4OS. The molecule has 0 atom stereocenters. The van der Waals surface area contributed by atoms with E-state index in [1.54, 1.807) is 12.1 Å². The summed E-state index contributed by atoms with van der Waals surface area (Å²) in [6.07, 6.45) is 1.88. The molecule has 0 aliphatic rings. The van der Waals surface area contributed by atoms with E-state index in [0.29, 0.717) is 20.3 Å². The monoisotopic (exact) mass is 410 g/mol. The van der Waals surface area contributed by atoms with Gasteiger partial charge in [-0.25, -0.2) is 0 Å². The maximum absolute atomic E-state index is 12.7. The lowest BCUT2D eigenvalue weighted by atomic mass is 10.2. The number of benzene rings is 2. The van der Waals surface area contributed by atoms with E-state index in [2.05, 4.69) is 41.0 Å². The number of thiazole rings is 1. The fraction of sp³-hybridized carbons (Fsp3) is 0.190. The molecule has 0 saturated heterocycles. The zero-order valence-corrected chi connectivity index (χ0v) is 17.2. The van der Waals surface area contributed by atoms with Gasteiger partial charge in [0.1, 0.15) is 0 Å². The largest absolute Gasteiger partial charge is 0.372 e. The standard InChI is InChI=1S/C21H19ClN4OS/c1-3-25(4-2)17-10-8-14(9-11-17)12-18-20(27)26-21(28-18)23-19(24-26)15-6-5-7-16(22)13-15/h5-13H,3-4H2,1-2H3/b18-12-. The Kier molecular flexibility index (Phi) is 5.15. The van der Waals surface area contributed by atoms with Crippen LogP contribution in [-0.4, -0.2) is 27.7 Å². The summed E-state index contributed by atoms with van der Waals surface area (Å²) in [6.45, 7) is 6.21. The van der Waals surface area contributed by atoms with Gasteiger partial charge in [-0.15, -0.1) is 5.10 Å². The highest BCUT2D eigenvalue weighted by atomic mass is 35.5. The van der Waals surface area contributed by atoms with Crippen molar-refractivity contribution >= 4 is 39.7 Å². The third kappa shape index (κ3) is 3.53. The fourth-order valence-corrected chi connectivity index (χ4v) is 4.20. The van der Waals surface area contributed by atoms with E-state index in [1.807, 2.05) is 30.3 Å². The Hall–Kier alpha value is -2.70. The van der Waals surface area contributed by atoms with Crippen LogP contribution in [0.3, 0.4) is 0 Å². The first-order chi connectivity index (χ1) is 13.6. The lowest BCUT2D eigenvalue weighted by Gasteiger charge is -2.20. The molecule has 0 unspecified atom stereocenters. The number of rotatable bonds is 5. The molecule has 142 valence electrons. The Morgan fingerprint density at radius 1 is 1.14 bits per heavy atom. The average Bonchev–Trinajstić information content (AvgIpc) is 3.24. The van der Waals surface area contributed by atoms with Crippen molar-refractivity contribution in [2.24, 2.45) is 0 Å². The maximum atomic E-state index is 12.7. The molecule has 0 amide bonds. The second-order valence-corrected chi connectivity index (χ2v) is 7.77. The summed E-state index contributed by atoms with van der Waals surface area (Å²) >= 11 is 7.37. The number of anilines is 1. The summed E-state index contributed by atoms with van der Waals surface area (Å²) in [7, 11) is 0. The van der Waals surface area contributed by atoms with Crippen molar-refractivity contribution < 1.29 is 0 Å². The maximum Gasteiger partial charge on any atom is 0.291 e. The number of halogens is 1. The molecule has 7 heteroatoms. The summed E-state index contributed by atoms with van der Waals surface area (Å²) in [5.41, 5.74) is 2.79. The Labute approximate surface area is 171 Å². The molecule has 0 radical (unpaired) electrons. The molecule has 0 aliphatic carbocycles. The second-order valence-electron chi connectivity index (χ2n) is 6.32. The minimum absolute atomic E-state index is 0.159. The van der Waals surface area contributed by atoms with Gasteiger partial charge in [-0.05, 0) is 49.8 Å². The smallest absolute Gasteiger partial charge is 0.291 e. The highest BCUT2D eigenvalue weighted by Gasteiger charge is 2.12. The molecule has 4 rings (SSSR count). The van der Waals surface area contributed by atoms with Gasteiger partial charge in [0.15, 0.2) is 5.82 Å². The number of aromatic nitrogens is 3. The molecule has 0 bridgehead atoms. The predicted octanol–water partition coefficient (Wildman–Crippen LogP) is 3.87.